The average Bonchev–Trinajstić information content (AvgIpc) is 2.36. The third-order valence-corrected chi connectivity index (χ3v) is 3.72. The molecule has 0 unspecified atom stereocenters. The molecule has 1 aromatic carbocycles. The number of hydrogen-bond donors (Lipinski definition) is 2. The third-order valence-electron chi connectivity index (χ3n) is 3.72. The predicted octanol–water partition coefficient (Wildman–Crippen LogP) is 2.65. The minimum atomic E-state index is -0.514. The lowest BCUT2D eigenvalue weighted by molar-refractivity contribution is 0.00517. The molecule has 2 rings (SSSR count). The Labute approximate surface area is 108 Å². The van der Waals surface area contributed by atoms with E-state index in [1.165, 1.54) is 12.5 Å². The van der Waals surface area contributed by atoms with Gasteiger partial charge in [0.1, 0.15) is 5.82 Å². The molecule has 1 saturated carbocycles. The van der Waals surface area contributed by atoms with Gasteiger partial charge in [0.15, 0.2) is 0 Å². The van der Waals surface area contributed by atoms with Gasteiger partial charge in [-0.15, -0.1) is 0 Å². The van der Waals surface area contributed by atoms with Gasteiger partial charge in [0, 0.05) is 6.54 Å². The van der Waals surface area contributed by atoms with E-state index in [4.69, 9.17) is 0 Å². The van der Waals surface area contributed by atoms with Crippen molar-refractivity contribution in [3.8, 4) is 0 Å². The summed E-state index contributed by atoms with van der Waals surface area (Å²) >= 11 is 0. The molecule has 0 atom stereocenters. The first-order valence-electron chi connectivity index (χ1n) is 6.86. The Morgan fingerprint density at radius 3 is 2.72 bits per heavy atom. The lowest BCUT2D eigenvalue weighted by Crippen LogP contribution is -2.42. The Morgan fingerprint density at radius 1 is 1.22 bits per heavy atom. The highest BCUT2D eigenvalue weighted by molar-refractivity contribution is 5.16. The zero-order chi connectivity index (χ0) is 12.8. The molecule has 1 aliphatic carbocycles. The van der Waals surface area contributed by atoms with Gasteiger partial charge in [-0.05, 0) is 43.5 Å². The Bertz CT molecular complexity index is 375. The van der Waals surface area contributed by atoms with Crippen LogP contribution in [0.5, 0.6) is 0 Å². The highest BCUT2D eigenvalue weighted by atomic mass is 19.1. The van der Waals surface area contributed by atoms with Crippen molar-refractivity contribution in [2.45, 2.75) is 44.1 Å². The van der Waals surface area contributed by atoms with Crippen LogP contribution in [0.1, 0.15) is 37.7 Å². The smallest absolute Gasteiger partial charge is 0.123 e. The SMILES string of the molecule is OC1(CNCCc2cccc(F)c2)CCCCC1. The fourth-order valence-electron chi connectivity index (χ4n) is 2.63. The van der Waals surface area contributed by atoms with Crippen LogP contribution in [0.4, 0.5) is 4.39 Å². The van der Waals surface area contributed by atoms with E-state index in [1.54, 1.807) is 12.1 Å². The minimum absolute atomic E-state index is 0.182. The topological polar surface area (TPSA) is 32.3 Å². The first-order chi connectivity index (χ1) is 8.68. The number of nitrogens with one attached hydrogen (secondary N) is 1. The number of rotatable bonds is 5. The normalized spacial score (nSPS) is 18.8. The fraction of sp³-hybridized carbons (Fsp3) is 0.600. The summed E-state index contributed by atoms with van der Waals surface area (Å²) in [6.07, 6.45) is 6.10. The van der Waals surface area contributed by atoms with Crippen molar-refractivity contribution in [3.05, 3.63) is 35.6 Å². The summed E-state index contributed by atoms with van der Waals surface area (Å²) in [6, 6.07) is 6.69. The van der Waals surface area contributed by atoms with Crippen LogP contribution in [-0.4, -0.2) is 23.8 Å². The Morgan fingerprint density at radius 2 is 2.00 bits per heavy atom. The zero-order valence-electron chi connectivity index (χ0n) is 10.8. The molecule has 2 N–H and O–H groups in total. The van der Waals surface area contributed by atoms with Crippen molar-refractivity contribution in [2.24, 2.45) is 0 Å². The standard InChI is InChI=1S/C15H22FNO/c16-14-6-4-5-13(11-14)7-10-17-12-15(18)8-2-1-3-9-15/h4-6,11,17-18H,1-3,7-10,12H2. The maximum absolute atomic E-state index is 13.0. The van der Waals surface area contributed by atoms with Crippen LogP contribution in [0.15, 0.2) is 24.3 Å². The first-order valence-corrected chi connectivity index (χ1v) is 6.86. The lowest BCUT2D eigenvalue weighted by Gasteiger charge is -2.32. The van der Waals surface area contributed by atoms with Gasteiger partial charge in [-0.2, -0.15) is 0 Å². The molecular weight excluding hydrogens is 229 g/mol. The summed E-state index contributed by atoms with van der Waals surface area (Å²) in [7, 11) is 0. The first kappa shape index (κ1) is 13.5. The molecule has 0 heterocycles. The van der Waals surface area contributed by atoms with Crippen LogP contribution in [0.25, 0.3) is 0 Å². The van der Waals surface area contributed by atoms with E-state index in [2.05, 4.69) is 5.32 Å². The summed E-state index contributed by atoms with van der Waals surface area (Å²) < 4.78 is 13.0. The molecule has 0 amide bonds. The highest BCUT2D eigenvalue weighted by Crippen LogP contribution is 2.27. The molecule has 0 bridgehead atoms. The minimum Gasteiger partial charge on any atom is -0.389 e. The van der Waals surface area contributed by atoms with E-state index in [9.17, 15) is 9.50 Å². The van der Waals surface area contributed by atoms with Gasteiger partial charge >= 0.3 is 0 Å². The molecule has 0 aromatic heterocycles. The van der Waals surface area contributed by atoms with Gasteiger partial charge in [-0.25, -0.2) is 4.39 Å². The molecule has 0 aliphatic heterocycles. The molecule has 0 spiro atoms. The summed E-state index contributed by atoms with van der Waals surface area (Å²) in [5.74, 6) is -0.182. The zero-order valence-corrected chi connectivity index (χ0v) is 10.8. The van der Waals surface area contributed by atoms with Crippen molar-refractivity contribution < 1.29 is 9.50 Å². The second-order valence-electron chi connectivity index (χ2n) is 5.34. The van der Waals surface area contributed by atoms with Crippen molar-refractivity contribution in [1.29, 1.82) is 0 Å². The summed E-state index contributed by atoms with van der Waals surface area (Å²) in [5.41, 5.74) is 0.485. The molecule has 18 heavy (non-hydrogen) atoms. The van der Waals surface area contributed by atoms with Crippen LogP contribution >= 0.6 is 0 Å². The molecule has 2 nitrogen and oxygen atoms in total. The monoisotopic (exact) mass is 251 g/mol. The van der Waals surface area contributed by atoms with E-state index in [0.29, 0.717) is 6.54 Å². The van der Waals surface area contributed by atoms with E-state index in [-0.39, 0.29) is 5.82 Å². The summed E-state index contributed by atoms with van der Waals surface area (Å²) in [6.45, 7) is 1.44. The van der Waals surface area contributed by atoms with E-state index in [0.717, 1.165) is 44.2 Å². The van der Waals surface area contributed by atoms with Crippen LogP contribution in [0.2, 0.25) is 0 Å². The fourth-order valence-corrected chi connectivity index (χ4v) is 2.63. The number of aliphatic hydroxyl groups is 1. The van der Waals surface area contributed by atoms with Crippen LogP contribution in [0, 0.1) is 5.82 Å². The molecule has 0 saturated heterocycles. The molecule has 0 radical (unpaired) electrons. The second-order valence-corrected chi connectivity index (χ2v) is 5.34. The van der Waals surface area contributed by atoms with Crippen molar-refractivity contribution in [1.82, 2.24) is 5.32 Å². The largest absolute Gasteiger partial charge is 0.389 e. The summed E-state index contributed by atoms with van der Waals surface area (Å²) in [4.78, 5) is 0. The van der Waals surface area contributed by atoms with Gasteiger partial charge < -0.3 is 10.4 Å². The van der Waals surface area contributed by atoms with Gasteiger partial charge in [-0.1, -0.05) is 31.4 Å². The molecule has 3 heteroatoms. The van der Waals surface area contributed by atoms with E-state index < -0.39 is 5.60 Å². The molecule has 100 valence electrons. The average molecular weight is 251 g/mol. The van der Waals surface area contributed by atoms with Crippen LogP contribution in [-0.2, 0) is 6.42 Å². The number of halogens is 1. The van der Waals surface area contributed by atoms with E-state index in [1.807, 2.05) is 6.07 Å². The lowest BCUT2D eigenvalue weighted by atomic mass is 9.85. The Balaban J connectivity index is 1.69. The quantitative estimate of drug-likeness (QED) is 0.789. The maximum atomic E-state index is 13.0. The molecule has 1 aromatic rings. The Kier molecular flexibility index (Phi) is 4.72. The molecule has 1 aliphatic rings. The van der Waals surface area contributed by atoms with Crippen LogP contribution < -0.4 is 5.32 Å². The molecular formula is C15H22FNO. The second kappa shape index (κ2) is 6.30. The number of benzene rings is 1. The highest BCUT2D eigenvalue weighted by Gasteiger charge is 2.28. The van der Waals surface area contributed by atoms with Crippen molar-refractivity contribution >= 4 is 0 Å². The Hall–Kier alpha value is -0.930. The number of hydrogen-bond acceptors (Lipinski definition) is 2. The summed E-state index contributed by atoms with van der Waals surface area (Å²) in [5, 5.41) is 13.6. The van der Waals surface area contributed by atoms with Gasteiger partial charge in [-0.3, -0.25) is 0 Å². The van der Waals surface area contributed by atoms with Crippen LogP contribution in [0.3, 0.4) is 0 Å². The van der Waals surface area contributed by atoms with Gasteiger partial charge in [0.2, 0.25) is 0 Å². The van der Waals surface area contributed by atoms with Gasteiger partial charge in [0.05, 0.1) is 5.60 Å². The maximum Gasteiger partial charge on any atom is 0.123 e. The van der Waals surface area contributed by atoms with Gasteiger partial charge in [0.25, 0.3) is 0 Å². The van der Waals surface area contributed by atoms with E-state index >= 15 is 0 Å². The third kappa shape index (κ3) is 4.07. The predicted molar refractivity (Wildman–Crippen MR) is 71.0 cm³/mol. The molecule has 1 fully saturated rings. The van der Waals surface area contributed by atoms with Crippen molar-refractivity contribution in [2.75, 3.05) is 13.1 Å². The van der Waals surface area contributed by atoms with Crippen molar-refractivity contribution in [3.63, 3.8) is 0 Å².